The number of allylic oxidation sites excluding steroid dienone is 1. The van der Waals surface area contributed by atoms with E-state index in [2.05, 4.69) is 16.0 Å². The van der Waals surface area contributed by atoms with Gasteiger partial charge in [0.05, 0.1) is 11.6 Å². The zero-order valence-corrected chi connectivity index (χ0v) is 14.7. The summed E-state index contributed by atoms with van der Waals surface area (Å²) in [5.74, 6) is -0.616. The van der Waals surface area contributed by atoms with Crippen LogP contribution in [0.15, 0.2) is 59.8 Å². The fraction of sp³-hybridized carbons (Fsp3) is 0.158. The molecule has 1 amide bonds. The van der Waals surface area contributed by atoms with Crippen LogP contribution in [0.1, 0.15) is 24.1 Å². The van der Waals surface area contributed by atoms with Crippen molar-refractivity contribution in [2.45, 2.75) is 19.9 Å². The van der Waals surface area contributed by atoms with Gasteiger partial charge in [0, 0.05) is 11.4 Å². The van der Waals surface area contributed by atoms with E-state index in [1.807, 2.05) is 38.1 Å². The Kier molecular flexibility index (Phi) is 4.81. The maximum absolute atomic E-state index is 13.0. The molecule has 0 saturated heterocycles. The fourth-order valence-electron chi connectivity index (χ4n) is 2.74. The van der Waals surface area contributed by atoms with E-state index in [9.17, 15) is 9.18 Å². The quantitative estimate of drug-likeness (QED) is 0.737. The molecule has 1 aliphatic rings. The molecule has 0 aromatic heterocycles. The topological polar surface area (TPSA) is 53.2 Å². The Morgan fingerprint density at radius 1 is 1.08 bits per heavy atom. The highest BCUT2D eigenvalue weighted by atomic mass is 32.1. The third kappa shape index (κ3) is 3.85. The molecule has 0 fully saturated rings. The van der Waals surface area contributed by atoms with E-state index in [1.165, 1.54) is 24.3 Å². The Morgan fingerprint density at radius 2 is 1.72 bits per heavy atom. The van der Waals surface area contributed by atoms with Crippen molar-refractivity contribution >= 4 is 28.9 Å². The highest BCUT2D eigenvalue weighted by Crippen LogP contribution is 2.28. The number of carbonyl (C=O) groups excluding carboxylic acids is 1. The predicted octanol–water partition coefficient (Wildman–Crippen LogP) is 3.57. The van der Waals surface area contributed by atoms with Gasteiger partial charge in [0.1, 0.15) is 5.82 Å². The van der Waals surface area contributed by atoms with Crippen LogP contribution < -0.4 is 16.0 Å². The number of hydrogen-bond donors (Lipinski definition) is 3. The van der Waals surface area contributed by atoms with Crippen molar-refractivity contribution in [2.75, 3.05) is 5.32 Å². The van der Waals surface area contributed by atoms with Crippen molar-refractivity contribution in [1.29, 1.82) is 0 Å². The van der Waals surface area contributed by atoms with Crippen molar-refractivity contribution in [1.82, 2.24) is 10.6 Å². The summed E-state index contributed by atoms with van der Waals surface area (Å²) in [7, 11) is 0. The van der Waals surface area contributed by atoms with Gasteiger partial charge in [-0.3, -0.25) is 4.79 Å². The van der Waals surface area contributed by atoms with Crippen molar-refractivity contribution in [3.05, 3.63) is 76.7 Å². The number of thiocarbonyl (C=S) groups is 1. The molecule has 0 spiro atoms. The van der Waals surface area contributed by atoms with Gasteiger partial charge in [-0.2, -0.15) is 0 Å². The molecule has 0 bridgehead atoms. The third-order valence-corrected chi connectivity index (χ3v) is 4.25. The predicted molar refractivity (Wildman–Crippen MR) is 101 cm³/mol. The summed E-state index contributed by atoms with van der Waals surface area (Å²) < 4.78 is 13.0. The second-order valence-corrected chi connectivity index (χ2v) is 6.35. The first kappa shape index (κ1) is 17.1. The molecule has 1 unspecified atom stereocenters. The molecule has 128 valence electrons. The molecule has 2 aromatic rings. The van der Waals surface area contributed by atoms with Gasteiger partial charge in [0.25, 0.3) is 5.91 Å². The third-order valence-electron chi connectivity index (χ3n) is 4.03. The lowest BCUT2D eigenvalue weighted by Crippen LogP contribution is -2.45. The molecule has 6 heteroatoms. The number of halogens is 1. The number of benzene rings is 2. The van der Waals surface area contributed by atoms with E-state index in [4.69, 9.17) is 12.2 Å². The molecule has 1 aliphatic heterocycles. The minimum atomic E-state index is -0.352. The Labute approximate surface area is 151 Å². The molecule has 25 heavy (non-hydrogen) atoms. The highest BCUT2D eigenvalue weighted by molar-refractivity contribution is 7.80. The van der Waals surface area contributed by atoms with Crippen LogP contribution in [0.5, 0.6) is 0 Å². The Morgan fingerprint density at radius 3 is 2.36 bits per heavy atom. The molecule has 0 radical (unpaired) electrons. The molecule has 2 aromatic carbocycles. The molecule has 3 N–H and O–H groups in total. The highest BCUT2D eigenvalue weighted by Gasteiger charge is 2.29. The zero-order chi connectivity index (χ0) is 18.0. The number of amides is 1. The van der Waals surface area contributed by atoms with Crippen LogP contribution in [0.4, 0.5) is 10.1 Å². The van der Waals surface area contributed by atoms with Gasteiger partial charge in [-0.1, -0.05) is 29.8 Å². The lowest BCUT2D eigenvalue weighted by Gasteiger charge is -2.30. The van der Waals surface area contributed by atoms with E-state index in [0.717, 1.165) is 11.1 Å². The van der Waals surface area contributed by atoms with E-state index in [1.54, 1.807) is 0 Å². The smallest absolute Gasteiger partial charge is 0.255 e. The normalized spacial score (nSPS) is 16.9. The summed E-state index contributed by atoms with van der Waals surface area (Å²) in [6.45, 7) is 3.82. The van der Waals surface area contributed by atoms with E-state index >= 15 is 0 Å². The second kappa shape index (κ2) is 7.03. The number of carbonyl (C=O) groups is 1. The summed E-state index contributed by atoms with van der Waals surface area (Å²) in [5.41, 5.74) is 3.84. The second-order valence-electron chi connectivity index (χ2n) is 5.94. The molecule has 3 rings (SSSR count). The number of hydrogen-bond acceptors (Lipinski definition) is 2. The average molecular weight is 355 g/mol. The minimum absolute atomic E-state index is 0.266. The SMILES string of the molecule is CC1=C(C(=O)Nc2ccc(F)cc2)C(c2ccc(C)cc2)NC(=S)N1. The van der Waals surface area contributed by atoms with Crippen LogP contribution in [0, 0.1) is 12.7 Å². The zero-order valence-electron chi connectivity index (χ0n) is 13.9. The molecular formula is C19H18FN3OS. The van der Waals surface area contributed by atoms with Crippen LogP contribution in [0.25, 0.3) is 0 Å². The first-order valence-corrected chi connectivity index (χ1v) is 8.26. The van der Waals surface area contributed by atoms with Crippen molar-refractivity contribution in [3.63, 3.8) is 0 Å². The van der Waals surface area contributed by atoms with Gasteiger partial charge >= 0.3 is 0 Å². The number of anilines is 1. The van der Waals surface area contributed by atoms with Crippen LogP contribution >= 0.6 is 12.2 Å². The Bertz CT molecular complexity index is 844. The first-order chi connectivity index (χ1) is 11.9. The van der Waals surface area contributed by atoms with Gasteiger partial charge in [-0.05, 0) is 55.9 Å². The molecule has 1 atom stereocenters. The lowest BCUT2D eigenvalue weighted by molar-refractivity contribution is -0.113. The van der Waals surface area contributed by atoms with Crippen LogP contribution in [-0.4, -0.2) is 11.0 Å². The Balaban J connectivity index is 1.92. The van der Waals surface area contributed by atoms with Crippen molar-refractivity contribution < 1.29 is 9.18 Å². The Hall–Kier alpha value is -2.73. The molecule has 4 nitrogen and oxygen atoms in total. The first-order valence-electron chi connectivity index (χ1n) is 7.86. The van der Waals surface area contributed by atoms with Gasteiger partial charge in [-0.25, -0.2) is 4.39 Å². The summed E-state index contributed by atoms with van der Waals surface area (Å²) in [4.78, 5) is 12.8. The summed E-state index contributed by atoms with van der Waals surface area (Å²) >= 11 is 5.24. The van der Waals surface area contributed by atoms with Gasteiger partial charge in [0.15, 0.2) is 5.11 Å². The molecule has 0 aliphatic carbocycles. The maximum atomic E-state index is 13.0. The maximum Gasteiger partial charge on any atom is 0.255 e. The van der Waals surface area contributed by atoms with Gasteiger partial charge in [0.2, 0.25) is 0 Å². The van der Waals surface area contributed by atoms with Crippen molar-refractivity contribution in [3.8, 4) is 0 Å². The largest absolute Gasteiger partial charge is 0.351 e. The number of aryl methyl sites for hydroxylation is 1. The fourth-order valence-corrected chi connectivity index (χ4v) is 3.01. The van der Waals surface area contributed by atoms with Gasteiger partial charge < -0.3 is 16.0 Å². The molecule has 0 saturated carbocycles. The van der Waals surface area contributed by atoms with Crippen LogP contribution in [-0.2, 0) is 4.79 Å². The monoisotopic (exact) mass is 355 g/mol. The lowest BCUT2D eigenvalue weighted by atomic mass is 9.94. The van der Waals surface area contributed by atoms with Crippen molar-refractivity contribution in [2.24, 2.45) is 0 Å². The molecular weight excluding hydrogens is 337 g/mol. The van der Waals surface area contributed by atoms with E-state index in [-0.39, 0.29) is 17.8 Å². The van der Waals surface area contributed by atoms with E-state index < -0.39 is 0 Å². The number of rotatable bonds is 3. The van der Waals surface area contributed by atoms with Crippen LogP contribution in [0.2, 0.25) is 0 Å². The number of nitrogens with one attached hydrogen (secondary N) is 3. The summed E-state index contributed by atoms with van der Waals surface area (Å²) in [6.07, 6.45) is 0. The summed E-state index contributed by atoms with van der Waals surface area (Å²) in [6, 6.07) is 13.2. The van der Waals surface area contributed by atoms with Gasteiger partial charge in [-0.15, -0.1) is 0 Å². The van der Waals surface area contributed by atoms with Crippen LogP contribution in [0.3, 0.4) is 0 Å². The van der Waals surface area contributed by atoms with E-state index in [0.29, 0.717) is 22.1 Å². The molecule has 1 heterocycles. The minimum Gasteiger partial charge on any atom is -0.351 e. The summed E-state index contributed by atoms with van der Waals surface area (Å²) in [5, 5.41) is 9.43. The standard InChI is InChI=1S/C19H18FN3OS/c1-11-3-5-13(6-4-11)17-16(12(2)21-19(25)23-17)18(24)22-15-9-7-14(20)8-10-15/h3-10,17H,1-2H3,(H,22,24)(H2,21,23,25). The average Bonchev–Trinajstić information content (AvgIpc) is 2.57.